The first-order chi connectivity index (χ1) is 11.9. The number of amides is 1. The lowest BCUT2D eigenvalue weighted by Crippen LogP contribution is -2.70. The van der Waals surface area contributed by atoms with Crippen molar-refractivity contribution in [3.63, 3.8) is 0 Å². The number of allylic oxidation sites excluding steroid dienone is 1. The predicted octanol–water partition coefficient (Wildman–Crippen LogP) is 5.27. The molecule has 0 aromatic heterocycles. The van der Waals surface area contributed by atoms with E-state index in [1.807, 2.05) is 0 Å². The van der Waals surface area contributed by atoms with E-state index in [-0.39, 0.29) is 7.05 Å². The second kappa shape index (κ2) is 6.83. The van der Waals surface area contributed by atoms with E-state index in [1.165, 1.54) is 0 Å². The average molecular weight is 443 g/mol. The first-order valence-corrected chi connectivity index (χ1v) is 6.51. The van der Waals surface area contributed by atoms with Crippen molar-refractivity contribution in [2.24, 2.45) is 0 Å². The quantitative estimate of drug-likeness (QED) is 0.388. The topological polar surface area (TPSA) is 20.3 Å². The molecule has 0 aromatic rings. The first-order valence-electron chi connectivity index (χ1n) is 6.51. The van der Waals surface area contributed by atoms with Crippen molar-refractivity contribution in [1.29, 1.82) is 0 Å². The lowest BCUT2D eigenvalue weighted by atomic mass is 9.92. The fourth-order valence-electron chi connectivity index (χ4n) is 1.57. The zero-order valence-corrected chi connectivity index (χ0v) is 13.7. The number of carbonyl (C=O) groups is 1. The Kier molecular flexibility index (Phi) is 6.35. The van der Waals surface area contributed by atoms with E-state index < -0.39 is 57.9 Å². The maximum Gasteiger partial charge on any atom is 0.460 e. The maximum atomic E-state index is 13.8. The standard InChI is InChI=1S/C13H10F13NO/c1-5(2)7(28)27(4)6(3)8(14,15)9(16,17)10(18,19)11(20,21)12(22,23)13(24,25)26/h1,3H2,2,4H3. The monoisotopic (exact) mass is 443 g/mol. The van der Waals surface area contributed by atoms with Gasteiger partial charge >= 0.3 is 35.8 Å². The van der Waals surface area contributed by atoms with Gasteiger partial charge in [0.05, 0.1) is 5.70 Å². The minimum Gasteiger partial charge on any atom is -0.310 e. The van der Waals surface area contributed by atoms with E-state index in [0.717, 1.165) is 6.92 Å². The molecule has 0 spiro atoms. The number of alkyl halides is 13. The van der Waals surface area contributed by atoms with E-state index >= 15 is 0 Å². The summed E-state index contributed by atoms with van der Waals surface area (Å²) < 4.78 is 169. The van der Waals surface area contributed by atoms with Crippen molar-refractivity contribution in [3.8, 4) is 0 Å². The van der Waals surface area contributed by atoms with E-state index in [2.05, 4.69) is 13.2 Å². The second-order valence-corrected chi connectivity index (χ2v) is 5.46. The van der Waals surface area contributed by atoms with Crippen molar-refractivity contribution >= 4 is 5.91 Å². The van der Waals surface area contributed by atoms with Gasteiger partial charge in [0, 0.05) is 12.6 Å². The molecule has 0 saturated carbocycles. The summed E-state index contributed by atoms with van der Waals surface area (Å²) in [5.74, 6) is -39.5. The Labute approximate surface area is 148 Å². The molecule has 0 rings (SSSR count). The highest BCUT2D eigenvalue weighted by Crippen LogP contribution is 2.61. The summed E-state index contributed by atoms with van der Waals surface area (Å²) in [7, 11) is 0.240. The van der Waals surface area contributed by atoms with Crippen molar-refractivity contribution in [2.75, 3.05) is 7.05 Å². The Morgan fingerprint density at radius 3 is 1.29 bits per heavy atom. The highest BCUT2D eigenvalue weighted by Gasteiger charge is 2.91. The van der Waals surface area contributed by atoms with Gasteiger partial charge in [0.15, 0.2) is 0 Å². The van der Waals surface area contributed by atoms with Crippen LogP contribution in [0.1, 0.15) is 6.92 Å². The molecule has 0 atom stereocenters. The molecule has 0 unspecified atom stereocenters. The molecule has 164 valence electrons. The molecule has 0 bridgehead atoms. The lowest BCUT2D eigenvalue weighted by molar-refractivity contribution is -0.437. The molecule has 2 nitrogen and oxygen atoms in total. The third-order valence-corrected chi connectivity index (χ3v) is 3.37. The molecule has 0 heterocycles. The van der Waals surface area contributed by atoms with Crippen LogP contribution < -0.4 is 0 Å². The third kappa shape index (κ3) is 3.43. The van der Waals surface area contributed by atoms with Crippen LogP contribution in [0.15, 0.2) is 24.4 Å². The SMILES string of the molecule is C=C(C)C(=O)N(C)C(=C)C(F)(F)C(F)(F)C(F)(F)C(F)(F)C(F)(F)C(F)(F)F. The zero-order valence-electron chi connectivity index (χ0n) is 13.7. The summed E-state index contributed by atoms with van der Waals surface area (Å²) in [6.07, 6.45) is -7.49. The van der Waals surface area contributed by atoms with E-state index in [9.17, 15) is 61.9 Å². The summed E-state index contributed by atoms with van der Waals surface area (Å²) in [5, 5.41) is 0. The number of halogens is 13. The van der Waals surface area contributed by atoms with Crippen LogP contribution in [0.5, 0.6) is 0 Å². The number of hydrogen-bond donors (Lipinski definition) is 0. The molecular formula is C13H10F13NO. The van der Waals surface area contributed by atoms with E-state index in [0.29, 0.717) is 0 Å². The highest BCUT2D eigenvalue weighted by molar-refractivity contribution is 5.93. The number of rotatable bonds is 7. The Morgan fingerprint density at radius 1 is 0.679 bits per heavy atom. The fraction of sp³-hybridized carbons (Fsp3) is 0.615. The summed E-state index contributed by atoms with van der Waals surface area (Å²) in [6, 6.07) is 0. The van der Waals surface area contributed by atoms with Gasteiger partial charge in [0.25, 0.3) is 5.91 Å². The summed E-state index contributed by atoms with van der Waals surface area (Å²) in [6.45, 7) is 5.87. The average Bonchev–Trinajstić information content (AvgIpc) is 2.50. The molecule has 0 radical (unpaired) electrons. The largest absolute Gasteiger partial charge is 0.460 e. The van der Waals surface area contributed by atoms with Gasteiger partial charge in [-0.05, 0) is 6.92 Å². The van der Waals surface area contributed by atoms with Crippen molar-refractivity contribution in [3.05, 3.63) is 24.4 Å². The van der Waals surface area contributed by atoms with Crippen LogP contribution in [0, 0.1) is 0 Å². The number of nitrogens with zero attached hydrogens (tertiary/aromatic N) is 1. The fourth-order valence-corrected chi connectivity index (χ4v) is 1.57. The van der Waals surface area contributed by atoms with Gasteiger partial charge < -0.3 is 4.90 Å². The molecule has 15 heteroatoms. The van der Waals surface area contributed by atoms with Crippen LogP contribution >= 0.6 is 0 Å². The number of likely N-dealkylation sites (N-methyl/N-ethyl adjacent to an activating group) is 1. The predicted molar refractivity (Wildman–Crippen MR) is 67.5 cm³/mol. The van der Waals surface area contributed by atoms with Crippen LogP contribution in [0.4, 0.5) is 57.1 Å². The minimum atomic E-state index is -8.01. The number of carbonyl (C=O) groups excluding carboxylic acids is 1. The molecule has 28 heavy (non-hydrogen) atoms. The molecule has 0 aliphatic heterocycles. The molecule has 0 aliphatic rings. The molecule has 0 aromatic carbocycles. The molecular weight excluding hydrogens is 433 g/mol. The van der Waals surface area contributed by atoms with E-state index in [1.54, 1.807) is 0 Å². The van der Waals surface area contributed by atoms with Crippen molar-refractivity contribution < 1.29 is 61.9 Å². The van der Waals surface area contributed by atoms with Crippen LogP contribution in [-0.2, 0) is 4.79 Å². The van der Waals surface area contributed by atoms with Crippen LogP contribution in [0.25, 0.3) is 0 Å². The summed E-state index contributed by atoms with van der Waals surface area (Å²) in [4.78, 5) is 10.8. The second-order valence-electron chi connectivity index (χ2n) is 5.46. The molecule has 1 amide bonds. The van der Waals surface area contributed by atoms with Gasteiger partial charge in [0.2, 0.25) is 0 Å². The van der Waals surface area contributed by atoms with Gasteiger partial charge in [-0.3, -0.25) is 4.79 Å². The van der Waals surface area contributed by atoms with Gasteiger partial charge in [0.1, 0.15) is 0 Å². The molecule has 0 fully saturated rings. The van der Waals surface area contributed by atoms with Crippen LogP contribution in [0.2, 0.25) is 0 Å². The molecule has 0 aliphatic carbocycles. The van der Waals surface area contributed by atoms with Crippen molar-refractivity contribution in [2.45, 2.75) is 42.7 Å². The van der Waals surface area contributed by atoms with Crippen LogP contribution in [0.3, 0.4) is 0 Å². The normalized spacial score (nSPS) is 14.7. The smallest absolute Gasteiger partial charge is 0.310 e. The zero-order chi connectivity index (χ0) is 23.3. The summed E-state index contributed by atoms with van der Waals surface area (Å²) in [5.41, 5.74) is -3.24. The Morgan fingerprint density at radius 2 is 1.00 bits per heavy atom. The minimum absolute atomic E-state index is 0.240. The van der Waals surface area contributed by atoms with Gasteiger partial charge in [-0.15, -0.1) is 0 Å². The highest BCUT2D eigenvalue weighted by atomic mass is 19.4. The molecule has 0 N–H and O–H groups in total. The Hall–Kier alpha value is -1.96. The van der Waals surface area contributed by atoms with Gasteiger partial charge in [-0.2, -0.15) is 57.1 Å². The summed E-state index contributed by atoms with van der Waals surface area (Å²) >= 11 is 0. The third-order valence-electron chi connectivity index (χ3n) is 3.37. The van der Waals surface area contributed by atoms with Crippen molar-refractivity contribution in [1.82, 2.24) is 4.90 Å². The van der Waals surface area contributed by atoms with Gasteiger partial charge in [-0.1, -0.05) is 13.2 Å². The molecule has 0 saturated heterocycles. The first kappa shape index (κ1) is 26.0. The van der Waals surface area contributed by atoms with Crippen LogP contribution in [-0.4, -0.2) is 53.6 Å². The van der Waals surface area contributed by atoms with Gasteiger partial charge in [-0.25, -0.2) is 0 Å². The Bertz CT molecular complexity index is 662. The lowest BCUT2D eigenvalue weighted by Gasteiger charge is -2.41. The Balaban J connectivity index is 6.44. The number of hydrogen-bond acceptors (Lipinski definition) is 1. The van der Waals surface area contributed by atoms with E-state index in [4.69, 9.17) is 0 Å². The maximum absolute atomic E-state index is 13.8.